The van der Waals surface area contributed by atoms with Gasteiger partial charge in [0.05, 0.1) is 40.4 Å². The van der Waals surface area contributed by atoms with Crippen LogP contribution in [0.3, 0.4) is 0 Å². The lowest BCUT2D eigenvalue weighted by Crippen LogP contribution is -2.58. The van der Waals surface area contributed by atoms with Crippen LogP contribution in [0.5, 0.6) is 0 Å². The molecule has 0 spiro atoms. The minimum Gasteiger partial charge on any atom is -0.374 e. The van der Waals surface area contributed by atoms with Crippen molar-refractivity contribution >= 4 is 13.5 Å². The highest BCUT2D eigenvalue weighted by molar-refractivity contribution is 7.61. The summed E-state index contributed by atoms with van der Waals surface area (Å²) in [5.74, 6) is -0.127. The summed E-state index contributed by atoms with van der Waals surface area (Å²) in [6.07, 6.45) is -1.01. The van der Waals surface area contributed by atoms with Crippen molar-refractivity contribution < 1.29 is 18.7 Å². The van der Waals surface area contributed by atoms with E-state index in [1.54, 1.807) is 0 Å². The summed E-state index contributed by atoms with van der Waals surface area (Å²) in [7, 11) is -1.14. The van der Waals surface area contributed by atoms with Crippen molar-refractivity contribution in [2.24, 2.45) is 0 Å². The van der Waals surface area contributed by atoms with Gasteiger partial charge in [-0.1, -0.05) is 152 Å². The first-order valence-corrected chi connectivity index (χ1v) is 16.9. The monoisotopic (exact) mass is 617 g/mol. The molecule has 1 heterocycles. The van der Waals surface area contributed by atoms with Crippen molar-refractivity contribution in [2.75, 3.05) is 6.61 Å². The lowest BCUT2D eigenvalue weighted by molar-refractivity contribution is -0.153. The molecule has 5 atom stereocenters. The SMILES string of the molecule is c1ccc(CN[C@@H]2[C@@H](OCc3ccccc3)[C@H](OCc3ccccc3)[C@@H](COCc3ccccc3)O[P@@]2c2ccccc2)cc1. The number of benzene rings is 5. The second kappa shape index (κ2) is 16.6. The van der Waals surface area contributed by atoms with Gasteiger partial charge in [0, 0.05) is 11.8 Å². The van der Waals surface area contributed by atoms with Gasteiger partial charge in [-0.15, -0.1) is 0 Å². The zero-order valence-electron chi connectivity index (χ0n) is 25.4. The largest absolute Gasteiger partial charge is 0.374 e. The van der Waals surface area contributed by atoms with E-state index in [1.807, 2.05) is 66.7 Å². The van der Waals surface area contributed by atoms with Crippen LogP contribution in [0, 0.1) is 0 Å². The van der Waals surface area contributed by atoms with Gasteiger partial charge in [-0.25, -0.2) is 0 Å². The standard InChI is InChI=1S/C39H40NO4P/c1-6-16-31(17-7-1)26-40-39-38(43-29-34-22-12-4-13-23-34)37(42-28-33-20-10-3-11-21-33)36(30-41-27-32-18-8-2-9-19-32)44-45(39)35-24-14-5-15-25-35/h1-25,36-40H,26-30H2/t36-,37-,38+,39+,45+/m1/s1. The summed E-state index contributed by atoms with van der Waals surface area (Å²) in [6, 6.07) is 51.9. The molecule has 6 heteroatoms. The van der Waals surface area contributed by atoms with Crippen LogP contribution < -0.4 is 10.6 Å². The van der Waals surface area contributed by atoms with Crippen LogP contribution in [0.4, 0.5) is 0 Å². The Hall–Kier alpha value is -3.67. The van der Waals surface area contributed by atoms with E-state index >= 15 is 0 Å². The highest BCUT2D eigenvalue weighted by Gasteiger charge is 2.48. The van der Waals surface area contributed by atoms with Crippen LogP contribution >= 0.6 is 8.15 Å². The first kappa shape index (κ1) is 31.3. The summed E-state index contributed by atoms with van der Waals surface area (Å²) in [5, 5.41) is 5.02. The van der Waals surface area contributed by atoms with Gasteiger partial charge in [-0.3, -0.25) is 0 Å². The first-order valence-electron chi connectivity index (χ1n) is 15.5. The Kier molecular flexibility index (Phi) is 11.5. The van der Waals surface area contributed by atoms with Gasteiger partial charge in [0.2, 0.25) is 0 Å². The van der Waals surface area contributed by atoms with E-state index in [0.29, 0.717) is 33.0 Å². The Morgan fingerprint density at radius 2 is 0.956 bits per heavy atom. The molecule has 0 amide bonds. The number of hydrogen-bond donors (Lipinski definition) is 1. The Morgan fingerprint density at radius 1 is 0.511 bits per heavy atom. The Bertz CT molecular complexity index is 1530. The molecule has 1 fully saturated rings. The topological polar surface area (TPSA) is 49.0 Å². The normalized spacial score (nSPS) is 21.4. The third-order valence-corrected chi connectivity index (χ3v) is 10.1. The first-order chi connectivity index (χ1) is 22.3. The van der Waals surface area contributed by atoms with E-state index in [2.05, 4.69) is 90.2 Å². The van der Waals surface area contributed by atoms with Crippen LogP contribution in [-0.2, 0) is 45.1 Å². The Morgan fingerprint density at radius 3 is 1.49 bits per heavy atom. The molecular weight excluding hydrogens is 577 g/mol. The van der Waals surface area contributed by atoms with Crippen LogP contribution in [-0.4, -0.2) is 30.7 Å². The summed E-state index contributed by atoms with van der Waals surface area (Å²) >= 11 is 0. The van der Waals surface area contributed by atoms with E-state index in [0.717, 1.165) is 22.0 Å². The minimum absolute atomic E-state index is 0.127. The number of hydrogen-bond acceptors (Lipinski definition) is 5. The van der Waals surface area contributed by atoms with Crippen molar-refractivity contribution in [3.8, 4) is 0 Å². The molecule has 0 aromatic heterocycles. The van der Waals surface area contributed by atoms with E-state index < -0.39 is 8.15 Å². The van der Waals surface area contributed by atoms with Crippen molar-refractivity contribution in [1.82, 2.24) is 5.32 Å². The second-order valence-electron chi connectivity index (χ2n) is 11.1. The smallest absolute Gasteiger partial charge is 0.115 e. The molecule has 0 radical (unpaired) electrons. The number of nitrogens with one attached hydrogen (secondary N) is 1. The molecule has 0 aliphatic carbocycles. The second-order valence-corrected chi connectivity index (χ2v) is 13.1. The van der Waals surface area contributed by atoms with Crippen LogP contribution in [0.15, 0.2) is 152 Å². The molecule has 0 unspecified atom stereocenters. The molecular formula is C39H40NO4P. The molecule has 6 rings (SSSR count). The zero-order chi connectivity index (χ0) is 30.5. The van der Waals surface area contributed by atoms with E-state index in [4.69, 9.17) is 18.7 Å². The summed E-state index contributed by atoms with van der Waals surface area (Å²) in [6.45, 7) is 2.49. The maximum absolute atomic E-state index is 7.07. The molecule has 230 valence electrons. The average molecular weight is 618 g/mol. The minimum atomic E-state index is -1.14. The van der Waals surface area contributed by atoms with Gasteiger partial charge in [0.1, 0.15) is 18.3 Å². The highest BCUT2D eigenvalue weighted by Crippen LogP contribution is 2.50. The van der Waals surface area contributed by atoms with Gasteiger partial charge in [0.15, 0.2) is 0 Å². The van der Waals surface area contributed by atoms with Crippen LogP contribution in [0.2, 0.25) is 0 Å². The third kappa shape index (κ3) is 8.96. The quantitative estimate of drug-likeness (QED) is 0.130. The molecule has 5 nitrogen and oxygen atoms in total. The van der Waals surface area contributed by atoms with Crippen molar-refractivity contribution in [1.29, 1.82) is 0 Å². The third-order valence-electron chi connectivity index (χ3n) is 7.84. The predicted octanol–water partition coefficient (Wildman–Crippen LogP) is 7.61. The number of ether oxygens (including phenoxy) is 3. The van der Waals surface area contributed by atoms with Crippen molar-refractivity contribution in [3.05, 3.63) is 174 Å². The van der Waals surface area contributed by atoms with Gasteiger partial charge < -0.3 is 24.1 Å². The lowest BCUT2D eigenvalue weighted by Gasteiger charge is -2.46. The van der Waals surface area contributed by atoms with Gasteiger partial charge in [0.25, 0.3) is 0 Å². The zero-order valence-corrected chi connectivity index (χ0v) is 26.3. The highest BCUT2D eigenvalue weighted by atomic mass is 31.1. The Balaban J connectivity index is 1.32. The fraction of sp³-hybridized carbons (Fsp3) is 0.231. The van der Waals surface area contributed by atoms with Gasteiger partial charge in [-0.2, -0.15) is 0 Å². The number of rotatable bonds is 14. The maximum atomic E-state index is 7.07. The van der Waals surface area contributed by atoms with E-state index in [9.17, 15) is 0 Å². The summed E-state index contributed by atoms with van der Waals surface area (Å²) in [5.41, 5.74) is 4.55. The predicted molar refractivity (Wildman–Crippen MR) is 181 cm³/mol. The van der Waals surface area contributed by atoms with Crippen LogP contribution in [0.1, 0.15) is 22.3 Å². The molecule has 0 bridgehead atoms. The lowest BCUT2D eigenvalue weighted by atomic mass is 10.1. The average Bonchev–Trinajstić information content (AvgIpc) is 3.11. The van der Waals surface area contributed by atoms with E-state index in [1.165, 1.54) is 5.56 Å². The maximum Gasteiger partial charge on any atom is 0.115 e. The summed E-state index contributed by atoms with van der Waals surface area (Å²) < 4.78 is 27.1. The Labute approximate surface area is 268 Å². The van der Waals surface area contributed by atoms with E-state index in [-0.39, 0.29) is 24.1 Å². The molecule has 45 heavy (non-hydrogen) atoms. The van der Waals surface area contributed by atoms with Crippen LogP contribution in [0.25, 0.3) is 0 Å². The molecule has 1 aliphatic rings. The van der Waals surface area contributed by atoms with Crippen molar-refractivity contribution in [3.63, 3.8) is 0 Å². The fourth-order valence-corrected chi connectivity index (χ4v) is 7.82. The van der Waals surface area contributed by atoms with Gasteiger partial charge >= 0.3 is 0 Å². The molecule has 5 aromatic rings. The molecule has 0 saturated carbocycles. The fourth-order valence-electron chi connectivity index (χ4n) is 5.52. The van der Waals surface area contributed by atoms with Gasteiger partial charge in [-0.05, 0) is 22.3 Å². The van der Waals surface area contributed by atoms with Crippen molar-refractivity contribution in [2.45, 2.75) is 50.5 Å². The summed E-state index contributed by atoms with van der Waals surface area (Å²) in [4.78, 5) is 0. The molecule has 1 saturated heterocycles. The molecule has 1 N–H and O–H groups in total. The molecule has 5 aromatic carbocycles. The molecule has 1 aliphatic heterocycles.